The van der Waals surface area contributed by atoms with Crippen molar-refractivity contribution < 1.29 is 0 Å². The van der Waals surface area contributed by atoms with Gasteiger partial charge < -0.3 is 5.32 Å². The number of hydrogen-bond acceptors (Lipinski definition) is 1. The molecule has 0 aromatic carbocycles. The first-order valence-electron chi connectivity index (χ1n) is 11.3. The predicted octanol–water partition coefficient (Wildman–Crippen LogP) is 7.21. The lowest BCUT2D eigenvalue weighted by molar-refractivity contribution is 0.0718. The van der Waals surface area contributed by atoms with Crippen LogP contribution in [-0.2, 0) is 0 Å². The lowest BCUT2D eigenvalue weighted by atomic mass is 9.63. The predicted molar refractivity (Wildman–Crippen MR) is 110 cm³/mol. The molecule has 0 aromatic rings. The molecule has 0 aromatic heterocycles. The van der Waals surface area contributed by atoms with E-state index in [4.69, 9.17) is 0 Å². The second kappa shape index (κ2) is 12.3. The average molecular weight is 338 g/mol. The summed E-state index contributed by atoms with van der Waals surface area (Å²) >= 11 is 0. The van der Waals surface area contributed by atoms with Crippen LogP contribution in [0.4, 0.5) is 0 Å². The Morgan fingerprint density at radius 2 is 1.75 bits per heavy atom. The fourth-order valence-electron chi connectivity index (χ4n) is 5.31. The molecule has 144 valence electrons. The lowest BCUT2D eigenvalue weighted by Crippen LogP contribution is -2.36. The van der Waals surface area contributed by atoms with Crippen LogP contribution in [0, 0.1) is 23.2 Å². The Bertz CT molecular complexity index is 300. The monoisotopic (exact) mass is 337 g/mol. The quantitative estimate of drug-likeness (QED) is 0.330. The number of unbranched alkanes of at least 4 members (excludes halogenated alkanes) is 1. The number of hydrogen-bond donors (Lipinski definition) is 1. The third-order valence-corrected chi connectivity index (χ3v) is 6.96. The minimum absolute atomic E-state index is 0.657. The van der Waals surface area contributed by atoms with Gasteiger partial charge in [-0.15, -0.1) is 0 Å². The van der Waals surface area contributed by atoms with Gasteiger partial charge in [-0.2, -0.15) is 0 Å². The zero-order valence-corrected chi connectivity index (χ0v) is 17.6. The first-order valence-corrected chi connectivity index (χ1v) is 11.3. The molecule has 4 atom stereocenters. The Hall–Kier alpha value is -0.0400. The normalized spacial score (nSPS) is 26.6. The molecule has 1 N–H and O–H groups in total. The van der Waals surface area contributed by atoms with Gasteiger partial charge >= 0.3 is 0 Å². The molecule has 0 saturated heterocycles. The molecule has 1 nitrogen and oxygen atoms in total. The molecule has 0 radical (unpaired) electrons. The van der Waals surface area contributed by atoms with Crippen molar-refractivity contribution in [3.05, 3.63) is 0 Å². The summed E-state index contributed by atoms with van der Waals surface area (Å²) in [5.74, 6) is 2.82. The van der Waals surface area contributed by atoms with Gasteiger partial charge in [0.1, 0.15) is 0 Å². The van der Waals surface area contributed by atoms with Crippen LogP contribution in [0.3, 0.4) is 0 Å². The molecule has 4 unspecified atom stereocenters. The van der Waals surface area contributed by atoms with Gasteiger partial charge in [-0.25, -0.2) is 0 Å². The van der Waals surface area contributed by atoms with Gasteiger partial charge in [-0.1, -0.05) is 86.0 Å². The summed E-state index contributed by atoms with van der Waals surface area (Å²) in [7, 11) is 0. The van der Waals surface area contributed by atoms with E-state index in [1.807, 2.05) is 0 Å². The lowest BCUT2D eigenvalue weighted by Gasteiger charge is -2.43. The third-order valence-electron chi connectivity index (χ3n) is 6.96. The SMILES string of the molecule is CCCCC(C)CCC1(C(CCC)CCNCCC)CCCC1C. The van der Waals surface area contributed by atoms with Crippen molar-refractivity contribution in [3.63, 3.8) is 0 Å². The molecule has 0 aliphatic heterocycles. The van der Waals surface area contributed by atoms with E-state index in [1.54, 1.807) is 0 Å². The highest BCUT2D eigenvalue weighted by Crippen LogP contribution is 2.54. The molecule has 0 spiro atoms. The highest BCUT2D eigenvalue weighted by molar-refractivity contribution is 4.95. The Balaban J connectivity index is 2.67. The van der Waals surface area contributed by atoms with Crippen molar-refractivity contribution in [2.24, 2.45) is 23.2 Å². The molecule has 0 heterocycles. The fourth-order valence-corrected chi connectivity index (χ4v) is 5.31. The van der Waals surface area contributed by atoms with E-state index < -0.39 is 0 Å². The highest BCUT2D eigenvalue weighted by atomic mass is 14.8. The van der Waals surface area contributed by atoms with Crippen molar-refractivity contribution in [3.8, 4) is 0 Å². The van der Waals surface area contributed by atoms with E-state index in [-0.39, 0.29) is 0 Å². The summed E-state index contributed by atoms with van der Waals surface area (Å²) in [5, 5.41) is 3.67. The van der Waals surface area contributed by atoms with Gasteiger partial charge in [0.25, 0.3) is 0 Å². The van der Waals surface area contributed by atoms with Crippen LogP contribution in [0.25, 0.3) is 0 Å². The maximum atomic E-state index is 3.67. The van der Waals surface area contributed by atoms with Crippen LogP contribution >= 0.6 is 0 Å². The molecule has 1 rings (SSSR count). The zero-order valence-electron chi connectivity index (χ0n) is 17.6. The Labute approximate surface area is 153 Å². The van der Waals surface area contributed by atoms with Crippen molar-refractivity contribution >= 4 is 0 Å². The topological polar surface area (TPSA) is 12.0 Å². The zero-order chi connectivity index (χ0) is 17.8. The van der Waals surface area contributed by atoms with Gasteiger partial charge in [-0.05, 0) is 61.9 Å². The van der Waals surface area contributed by atoms with Crippen LogP contribution in [-0.4, -0.2) is 13.1 Å². The summed E-state index contributed by atoms with van der Waals surface area (Å²) in [6, 6.07) is 0. The van der Waals surface area contributed by atoms with E-state index in [0.717, 1.165) is 17.8 Å². The van der Waals surface area contributed by atoms with Gasteiger partial charge in [0.05, 0.1) is 0 Å². The summed E-state index contributed by atoms with van der Waals surface area (Å²) in [6.07, 6.45) is 17.1. The number of rotatable bonds is 14. The standard InChI is InChI=1S/C23H47N/c1-6-9-12-20(4)14-17-23(16-10-13-21(23)5)22(11-7-2)15-19-24-18-8-3/h20-22,24H,6-19H2,1-5H3. The third kappa shape index (κ3) is 6.70. The maximum absolute atomic E-state index is 3.67. The van der Waals surface area contributed by atoms with Crippen molar-refractivity contribution in [2.75, 3.05) is 13.1 Å². The van der Waals surface area contributed by atoms with E-state index in [1.165, 1.54) is 90.1 Å². The molecule has 24 heavy (non-hydrogen) atoms. The molecule has 1 fully saturated rings. The fraction of sp³-hybridized carbons (Fsp3) is 1.00. The van der Waals surface area contributed by atoms with Crippen LogP contribution in [0.5, 0.6) is 0 Å². The summed E-state index contributed by atoms with van der Waals surface area (Å²) in [4.78, 5) is 0. The summed E-state index contributed by atoms with van der Waals surface area (Å²) in [6.45, 7) is 14.5. The van der Waals surface area contributed by atoms with Gasteiger partial charge in [-0.3, -0.25) is 0 Å². The summed E-state index contributed by atoms with van der Waals surface area (Å²) in [5.41, 5.74) is 0.657. The number of nitrogens with one attached hydrogen (secondary N) is 1. The van der Waals surface area contributed by atoms with E-state index in [2.05, 4.69) is 39.9 Å². The van der Waals surface area contributed by atoms with Gasteiger partial charge in [0.15, 0.2) is 0 Å². The molecule has 0 bridgehead atoms. The average Bonchev–Trinajstić information content (AvgIpc) is 2.95. The Kier molecular flexibility index (Phi) is 11.3. The first-order chi connectivity index (χ1) is 11.6. The van der Waals surface area contributed by atoms with Crippen molar-refractivity contribution in [2.45, 2.75) is 112 Å². The molecule has 1 aliphatic carbocycles. The van der Waals surface area contributed by atoms with Crippen LogP contribution in [0.2, 0.25) is 0 Å². The van der Waals surface area contributed by atoms with Crippen LogP contribution < -0.4 is 5.32 Å². The van der Waals surface area contributed by atoms with Gasteiger partial charge in [0, 0.05) is 0 Å². The van der Waals surface area contributed by atoms with Crippen molar-refractivity contribution in [1.29, 1.82) is 0 Å². The largest absolute Gasteiger partial charge is 0.317 e. The van der Waals surface area contributed by atoms with Crippen LogP contribution in [0.15, 0.2) is 0 Å². The van der Waals surface area contributed by atoms with Crippen LogP contribution in [0.1, 0.15) is 112 Å². The molecule has 1 heteroatoms. The first kappa shape index (κ1) is 22.0. The molecule has 1 saturated carbocycles. The van der Waals surface area contributed by atoms with E-state index in [0.29, 0.717) is 5.41 Å². The minimum atomic E-state index is 0.657. The van der Waals surface area contributed by atoms with E-state index in [9.17, 15) is 0 Å². The minimum Gasteiger partial charge on any atom is -0.317 e. The van der Waals surface area contributed by atoms with Gasteiger partial charge in [0.2, 0.25) is 0 Å². The Morgan fingerprint density at radius 1 is 0.958 bits per heavy atom. The second-order valence-electron chi connectivity index (χ2n) is 8.84. The highest BCUT2D eigenvalue weighted by Gasteiger charge is 2.44. The summed E-state index contributed by atoms with van der Waals surface area (Å²) < 4.78 is 0. The smallest absolute Gasteiger partial charge is 0.00461 e. The molecule has 0 amide bonds. The molecular formula is C23H47N. The van der Waals surface area contributed by atoms with E-state index >= 15 is 0 Å². The second-order valence-corrected chi connectivity index (χ2v) is 8.84. The molecule has 1 aliphatic rings. The molecular weight excluding hydrogens is 290 g/mol. The van der Waals surface area contributed by atoms with Crippen molar-refractivity contribution in [1.82, 2.24) is 5.32 Å². The maximum Gasteiger partial charge on any atom is -0.00461 e. The Morgan fingerprint density at radius 3 is 2.33 bits per heavy atom.